The van der Waals surface area contributed by atoms with E-state index in [2.05, 4.69) is 26.8 Å². The van der Waals surface area contributed by atoms with Crippen LogP contribution in [0.5, 0.6) is 0 Å². The fourth-order valence-corrected chi connectivity index (χ4v) is 3.93. The van der Waals surface area contributed by atoms with Gasteiger partial charge >= 0.3 is 0 Å². The third-order valence-corrected chi connectivity index (χ3v) is 5.52. The summed E-state index contributed by atoms with van der Waals surface area (Å²) >= 11 is 0. The van der Waals surface area contributed by atoms with Crippen LogP contribution in [0.15, 0.2) is 11.8 Å². The summed E-state index contributed by atoms with van der Waals surface area (Å²) < 4.78 is 6.07. The van der Waals surface area contributed by atoms with Crippen molar-refractivity contribution in [3.05, 3.63) is 11.8 Å². The summed E-state index contributed by atoms with van der Waals surface area (Å²) in [5.41, 5.74) is 0. The topological polar surface area (TPSA) is 9.23 Å². The second-order valence-electron chi connectivity index (χ2n) is 7.52. The Morgan fingerprint density at radius 2 is 1.43 bits per heavy atom. The van der Waals surface area contributed by atoms with Gasteiger partial charge in [0.25, 0.3) is 0 Å². The van der Waals surface area contributed by atoms with Gasteiger partial charge in [-0.05, 0) is 51.0 Å². The van der Waals surface area contributed by atoms with Gasteiger partial charge in [-0.1, -0.05) is 71.6 Å². The highest BCUT2D eigenvalue weighted by molar-refractivity contribution is 4.99. The molecule has 1 rings (SSSR count). The first-order chi connectivity index (χ1) is 11.3. The Kier molecular flexibility index (Phi) is 12.5. The van der Waals surface area contributed by atoms with E-state index in [0.29, 0.717) is 5.92 Å². The van der Waals surface area contributed by atoms with E-state index >= 15 is 0 Å². The summed E-state index contributed by atoms with van der Waals surface area (Å²) in [4.78, 5) is 0. The monoisotopic (exact) mass is 322 g/mol. The van der Waals surface area contributed by atoms with Crippen molar-refractivity contribution < 1.29 is 4.74 Å². The summed E-state index contributed by atoms with van der Waals surface area (Å²) in [5, 5.41) is 0. The summed E-state index contributed by atoms with van der Waals surface area (Å²) in [6.07, 6.45) is 21.7. The van der Waals surface area contributed by atoms with E-state index in [1.54, 1.807) is 0 Å². The SMILES string of the molecule is C/C=C(\OCCCCC)C1CCC(CCCCCCCC)CC1. The van der Waals surface area contributed by atoms with Crippen molar-refractivity contribution in [2.45, 2.75) is 111 Å². The molecule has 1 nitrogen and oxygen atoms in total. The number of unbranched alkanes of at least 4 members (excludes halogenated alkanes) is 7. The van der Waals surface area contributed by atoms with Gasteiger partial charge in [0, 0.05) is 5.92 Å². The van der Waals surface area contributed by atoms with Crippen molar-refractivity contribution in [3.8, 4) is 0 Å². The van der Waals surface area contributed by atoms with Crippen molar-refractivity contribution in [1.82, 2.24) is 0 Å². The number of hydrogen-bond acceptors (Lipinski definition) is 1. The predicted octanol–water partition coefficient (Wildman–Crippen LogP) is 7.65. The Morgan fingerprint density at radius 3 is 2.09 bits per heavy atom. The molecule has 0 spiro atoms. The van der Waals surface area contributed by atoms with E-state index in [0.717, 1.165) is 12.5 Å². The van der Waals surface area contributed by atoms with Gasteiger partial charge in [0.05, 0.1) is 12.4 Å². The average Bonchev–Trinajstić information content (AvgIpc) is 2.59. The largest absolute Gasteiger partial charge is 0.498 e. The van der Waals surface area contributed by atoms with Crippen molar-refractivity contribution >= 4 is 0 Å². The van der Waals surface area contributed by atoms with Gasteiger partial charge in [-0.3, -0.25) is 0 Å². The third kappa shape index (κ3) is 9.42. The lowest BCUT2D eigenvalue weighted by Gasteiger charge is -2.30. The van der Waals surface area contributed by atoms with Crippen LogP contribution >= 0.6 is 0 Å². The Bertz CT molecular complexity index is 286. The second kappa shape index (κ2) is 13.9. The summed E-state index contributed by atoms with van der Waals surface area (Å²) in [6, 6.07) is 0. The highest BCUT2D eigenvalue weighted by Gasteiger charge is 2.24. The van der Waals surface area contributed by atoms with Crippen molar-refractivity contribution in [2.75, 3.05) is 6.61 Å². The standard InChI is InChI=1S/C22H42O/c1-4-7-9-10-11-12-14-20-15-17-21(18-16-20)22(6-3)23-19-13-8-5-2/h6,20-21H,4-5,7-19H2,1-3H3/b22-6-. The zero-order valence-corrected chi connectivity index (χ0v) is 16.2. The van der Waals surface area contributed by atoms with E-state index < -0.39 is 0 Å². The summed E-state index contributed by atoms with van der Waals surface area (Å²) in [7, 11) is 0. The highest BCUT2D eigenvalue weighted by Crippen LogP contribution is 2.36. The van der Waals surface area contributed by atoms with Crippen LogP contribution in [0.2, 0.25) is 0 Å². The number of rotatable bonds is 13. The molecule has 0 aromatic rings. The molecule has 1 heteroatoms. The minimum atomic E-state index is 0.711. The van der Waals surface area contributed by atoms with Crippen LogP contribution < -0.4 is 0 Å². The van der Waals surface area contributed by atoms with Crippen LogP contribution in [0, 0.1) is 11.8 Å². The van der Waals surface area contributed by atoms with Crippen LogP contribution in [0.3, 0.4) is 0 Å². The van der Waals surface area contributed by atoms with Gasteiger partial charge in [0.15, 0.2) is 0 Å². The maximum Gasteiger partial charge on any atom is 0.0947 e. The second-order valence-corrected chi connectivity index (χ2v) is 7.52. The lowest BCUT2D eigenvalue weighted by molar-refractivity contribution is 0.143. The summed E-state index contributed by atoms with van der Waals surface area (Å²) in [5.74, 6) is 3.00. The molecule has 23 heavy (non-hydrogen) atoms. The molecule has 136 valence electrons. The predicted molar refractivity (Wildman–Crippen MR) is 103 cm³/mol. The van der Waals surface area contributed by atoms with E-state index in [1.165, 1.54) is 95.7 Å². The minimum Gasteiger partial charge on any atom is -0.498 e. The summed E-state index contributed by atoms with van der Waals surface area (Å²) in [6.45, 7) is 7.62. The fraction of sp³-hybridized carbons (Fsp3) is 0.909. The van der Waals surface area contributed by atoms with Crippen molar-refractivity contribution in [1.29, 1.82) is 0 Å². The first kappa shape index (κ1) is 20.6. The lowest BCUT2D eigenvalue weighted by atomic mass is 9.79. The first-order valence-electron chi connectivity index (χ1n) is 10.6. The maximum absolute atomic E-state index is 6.07. The van der Waals surface area contributed by atoms with Gasteiger partial charge in [0.1, 0.15) is 0 Å². The molecule has 1 saturated carbocycles. The van der Waals surface area contributed by atoms with Gasteiger partial charge in [-0.15, -0.1) is 0 Å². The molecular formula is C22H42O. The molecule has 0 N–H and O–H groups in total. The van der Waals surface area contributed by atoms with Crippen LogP contribution in [-0.2, 0) is 4.74 Å². The smallest absolute Gasteiger partial charge is 0.0947 e. The Balaban J connectivity index is 2.11. The van der Waals surface area contributed by atoms with Gasteiger partial charge in [-0.2, -0.15) is 0 Å². The molecule has 1 aliphatic carbocycles. The molecule has 1 aliphatic rings. The molecule has 0 radical (unpaired) electrons. The van der Waals surface area contributed by atoms with E-state index in [4.69, 9.17) is 4.74 Å². The lowest BCUT2D eigenvalue weighted by Crippen LogP contribution is -2.18. The number of allylic oxidation sites excluding steroid dienone is 2. The molecule has 0 saturated heterocycles. The van der Waals surface area contributed by atoms with Crippen LogP contribution in [0.25, 0.3) is 0 Å². The first-order valence-corrected chi connectivity index (χ1v) is 10.6. The van der Waals surface area contributed by atoms with Crippen LogP contribution in [0.1, 0.15) is 111 Å². The fourth-order valence-electron chi connectivity index (χ4n) is 3.93. The molecule has 1 fully saturated rings. The van der Waals surface area contributed by atoms with E-state index in [-0.39, 0.29) is 0 Å². The van der Waals surface area contributed by atoms with Gasteiger partial charge < -0.3 is 4.74 Å². The zero-order valence-electron chi connectivity index (χ0n) is 16.2. The van der Waals surface area contributed by atoms with Gasteiger partial charge in [-0.25, -0.2) is 0 Å². The van der Waals surface area contributed by atoms with Crippen LogP contribution in [-0.4, -0.2) is 6.61 Å². The van der Waals surface area contributed by atoms with E-state index in [1.807, 2.05) is 0 Å². The molecule has 0 atom stereocenters. The molecule has 0 aromatic heterocycles. The van der Waals surface area contributed by atoms with E-state index in [9.17, 15) is 0 Å². The van der Waals surface area contributed by atoms with Crippen molar-refractivity contribution in [3.63, 3.8) is 0 Å². The number of ether oxygens (including phenoxy) is 1. The molecule has 0 bridgehead atoms. The average molecular weight is 323 g/mol. The molecule has 0 amide bonds. The minimum absolute atomic E-state index is 0.711. The molecular weight excluding hydrogens is 280 g/mol. The maximum atomic E-state index is 6.07. The Hall–Kier alpha value is -0.460. The Morgan fingerprint density at radius 1 is 0.826 bits per heavy atom. The molecule has 0 aliphatic heterocycles. The normalized spacial score (nSPS) is 22.3. The van der Waals surface area contributed by atoms with Crippen LogP contribution in [0.4, 0.5) is 0 Å². The molecule has 0 aromatic carbocycles. The third-order valence-electron chi connectivity index (χ3n) is 5.52. The highest BCUT2D eigenvalue weighted by atomic mass is 16.5. The van der Waals surface area contributed by atoms with Gasteiger partial charge in [0.2, 0.25) is 0 Å². The number of hydrogen-bond donors (Lipinski definition) is 0. The van der Waals surface area contributed by atoms with Crippen molar-refractivity contribution in [2.24, 2.45) is 11.8 Å². The molecule has 0 unspecified atom stereocenters. The zero-order chi connectivity index (χ0) is 16.8. The Labute approximate surface area is 146 Å². The molecule has 0 heterocycles. The quantitative estimate of drug-likeness (QED) is 0.250.